The molecule has 3 rings (SSSR count). The van der Waals surface area contributed by atoms with E-state index < -0.39 is 5.41 Å². The third-order valence-electron chi connectivity index (χ3n) is 3.76. The van der Waals surface area contributed by atoms with Crippen LogP contribution >= 0.6 is 23.2 Å². The van der Waals surface area contributed by atoms with Crippen LogP contribution in [0.25, 0.3) is 0 Å². The fourth-order valence-corrected chi connectivity index (χ4v) is 3.45. The summed E-state index contributed by atoms with van der Waals surface area (Å²) in [6.07, 6.45) is 0. The van der Waals surface area contributed by atoms with Gasteiger partial charge in [-0.15, -0.1) is 0 Å². The summed E-state index contributed by atoms with van der Waals surface area (Å²) < 4.78 is 0. The predicted molar refractivity (Wildman–Crippen MR) is 81.6 cm³/mol. The van der Waals surface area contributed by atoms with Gasteiger partial charge in [0.15, 0.2) is 5.75 Å². The molecular weight excluding hydrogens is 297 g/mol. The van der Waals surface area contributed by atoms with Gasteiger partial charge in [0, 0.05) is 22.4 Å². The smallest absolute Gasteiger partial charge is 0.153 e. The first-order valence-electron chi connectivity index (χ1n) is 6.14. The maximum absolute atomic E-state index is 9.96. The average Bonchev–Trinajstić information content (AvgIpc) is 2.37. The van der Waals surface area contributed by atoms with Crippen molar-refractivity contribution < 1.29 is 10.2 Å². The minimum Gasteiger partial charge on any atom is -0.508 e. The Kier molecular flexibility index (Phi) is 2.82. The van der Waals surface area contributed by atoms with Gasteiger partial charge in [-0.25, -0.2) is 0 Å². The molecule has 0 bridgehead atoms. The zero-order valence-corrected chi connectivity index (χ0v) is 12.5. The van der Waals surface area contributed by atoms with Crippen molar-refractivity contribution in [2.45, 2.75) is 19.3 Å². The van der Waals surface area contributed by atoms with Crippen molar-refractivity contribution >= 4 is 34.6 Å². The first kappa shape index (κ1) is 13.4. The molecule has 0 radical (unpaired) electrons. The number of anilines is 2. The van der Waals surface area contributed by atoms with E-state index in [-0.39, 0.29) is 21.5 Å². The number of halogens is 2. The molecule has 2 aromatic carbocycles. The molecule has 3 nitrogen and oxygen atoms in total. The monoisotopic (exact) mass is 309 g/mol. The Balaban J connectivity index is 2.34. The molecule has 0 saturated carbocycles. The van der Waals surface area contributed by atoms with Crippen LogP contribution in [0.1, 0.15) is 25.0 Å². The van der Waals surface area contributed by atoms with E-state index in [0.29, 0.717) is 0 Å². The summed E-state index contributed by atoms with van der Waals surface area (Å²) in [5.41, 5.74) is 2.86. The van der Waals surface area contributed by atoms with E-state index in [1.807, 2.05) is 19.9 Å². The number of fused-ring (bicyclic) bond motifs is 2. The van der Waals surface area contributed by atoms with Crippen molar-refractivity contribution in [3.8, 4) is 11.5 Å². The number of hydrogen-bond acceptors (Lipinski definition) is 3. The van der Waals surface area contributed by atoms with Crippen LogP contribution in [0.3, 0.4) is 0 Å². The highest BCUT2D eigenvalue weighted by molar-refractivity contribution is 6.38. The molecule has 1 heterocycles. The summed E-state index contributed by atoms with van der Waals surface area (Å²) in [5.74, 6) is 0.0712. The van der Waals surface area contributed by atoms with Gasteiger partial charge in [0.05, 0.1) is 10.0 Å². The number of benzene rings is 2. The van der Waals surface area contributed by atoms with E-state index in [0.717, 1.165) is 22.5 Å². The van der Waals surface area contributed by atoms with Crippen molar-refractivity contribution in [3.63, 3.8) is 0 Å². The van der Waals surface area contributed by atoms with E-state index in [2.05, 4.69) is 5.32 Å². The van der Waals surface area contributed by atoms with Crippen LogP contribution in [0.5, 0.6) is 11.5 Å². The molecule has 2 aromatic rings. The predicted octanol–water partition coefficient (Wildman–Crippen LogP) is 4.79. The van der Waals surface area contributed by atoms with Gasteiger partial charge < -0.3 is 15.5 Å². The van der Waals surface area contributed by atoms with E-state index >= 15 is 0 Å². The van der Waals surface area contributed by atoms with Crippen LogP contribution in [0.2, 0.25) is 10.0 Å². The molecule has 1 aliphatic heterocycles. The quantitative estimate of drug-likeness (QED) is 0.613. The second-order valence-electron chi connectivity index (χ2n) is 5.42. The van der Waals surface area contributed by atoms with Gasteiger partial charge in [0.1, 0.15) is 5.75 Å². The van der Waals surface area contributed by atoms with E-state index in [1.54, 1.807) is 18.2 Å². The van der Waals surface area contributed by atoms with E-state index in [9.17, 15) is 10.2 Å². The van der Waals surface area contributed by atoms with Crippen LogP contribution < -0.4 is 5.32 Å². The van der Waals surface area contributed by atoms with Crippen molar-refractivity contribution in [1.29, 1.82) is 0 Å². The molecule has 0 unspecified atom stereocenters. The fraction of sp³-hybridized carbons (Fsp3) is 0.200. The maximum Gasteiger partial charge on any atom is 0.153 e. The Morgan fingerprint density at radius 1 is 1.05 bits per heavy atom. The molecule has 0 fully saturated rings. The lowest BCUT2D eigenvalue weighted by atomic mass is 9.74. The van der Waals surface area contributed by atoms with Gasteiger partial charge in [-0.1, -0.05) is 37.0 Å². The van der Waals surface area contributed by atoms with Gasteiger partial charge in [-0.05, 0) is 29.8 Å². The van der Waals surface area contributed by atoms with Crippen molar-refractivity contribution in [3.05, 3.63) is 45.4 Å². The standard InChI is InChI=1S/C15H13Cl2NO2/c1-15(2)8-5-7(19)3-4-10(8)18-11-6-9(16)14(20)13(17)12(11)15/h3-6,18-20H,1-2H3. The number of nitrogens with one attached hydrogen (secondary N) is 1. The van der Waals surface area contributed by atoms with Crippen LogP contribution in [0, 0.1) is 0 Å². The summed E-state index contributed by atoms with van der Waals surface area (Å²) >= 11 is 12.3. The molecule has 1 aliphatic rings. The second-order valence-corrected chi connectivity index (χ2v) is 6.21. The van der Waals surface area contributed by atoms with Crippen LogP contribution in [-0.2, 0) is 5.41 Å². The zero-order chi connectivity index (χ0) is 14.7. The normalized spacial score (nSPS) is 15.2. The zero-order valence-electron chi connectivity index (χ0n) is 11.0. The molecule has 0 spiro atoms. The lowest BCUT2D eigenvalue weighted by molar-refractivity contribution is 0.470. The number of phenols is 2. The number of hydrogen-bond donors (Lipinski definition) is 3. The molecule has 5 heteroatoms. The highest BCUT2D eigenvalue weighted by atomic mass is 35.5. The molecule has 104 valence electrons. The summed E-state index contributed by atoms with van der Waals surface area (Å²) in [7, 11) is 0. The maximum atomic E-state index is 9.96. The molecule has 3 N–H and O–H groups in total. The number of aromatic hydroxyl groups is 2. The summed E-state index contributed by atoms with van der Waals surface area (Å²) in [4.78, 5) is 0. The minimum absolute atomic E-state index is 0.120. The largest absolute Gasteiger partial charge is 0.508 e. The molecule has 0 saturated heterocycles. The molecule has 0 atom stereocenters. The van der Waals surface area contributed by atoms with Crippen LogP contribution in [0.15, 0.2) is 24.3 Å². The third kappa shape index (κ3) is 1.74. The highest BCUT2D eigenvalue weighted by Gasteiger charge is 2.36. The number of phenolic OH excluding ortho intramolecular Hbond substituents is 2. The molecular formula is C15H13Cl2NO2. The first-order valence-corrected chi connectivity index (χ1v) is 6.90. The fourth-order valence-electron chi connectivity index (χ4n) is 2.76. The Morgan fingerprint density at radius 3 is 2.45 bits per heavy atom. The van der Waals surface area contributed by atoms with Gasteiger partial charge in [-0.2, -0.15) is 0 Å². The van der Waals surface area contributed by atoms with Crippen LogP contribution in [0.4, 0.5) is 11.4 Å². The second kappa shape index (κ2) is 4.21. The molecule has 0 aromatic heterocycles. The van der Waals surface area contributed by atoms with Gasteiger partial charge in [-0.3, -0.25) is 0 Å². The third-order valence-corrected chi connectivity index (χ3v) is 4.42. The van der Waals surface area contributed by atoms with Crippen molar-refractivity contribution in [2.24, 2.45) is 0 Å². The van der Waals surface area contributed by atoms with Crippen LogP contribution in [-0.4, -0.2) is 10.2 Å². The summed E-state index contributed by atoms with van der Waals surface area (Å²) in [5, 5.41) is 23.3. The van der Waals surface area contributed by atoms with Crippen molar-refractivity contribution in [1.82, 2.24) is 0 Å². The molecule has 0 aliphatic carbocycles. The van der Waals surface area contributed by atoms with Gasteiger partial charge in [0.25, 0.3) is 0 Å². The Morgan fingerprint density at radius 2 is 1.75 bits per heavy atom. The minimum atomic E-state index is -0.464. The molecule has 0 amide bonds. The molecule has 20 heavy (non-hydrogen) atoms. The highest BCUT2D eigenvalue weighted by Crippen LogP contribution is 2.52. The SMILES string of the molecule is CC1(C)c2cc(O)ccc2Nc2cc(Cl)c(O)c(Cl)c21. The number of rotatable bonds is 0. The van der Waals surface area contributed by atoms with Gasteiger partial charge in [0.2, 0.25) is 0 Å². The average molecular weight is 310 g/mol. The Hall–Kier alpha value is -1.58. The summed E-state index contributed by atoms with van der Waals surface area (Å²) in [6, 6.07) is 6.80. The summed E-state index contributed by atoms with van der Waals surface area (Å²) in [6.45, 7) is 3.98. The van der Waals surface area contributed by atoms with E-state index in [4.69, 9.17) is 23.2 Å². The Labute approximate surface area is 126 Å². The lowest BCUT2D eigenvalue weighted by Crippen LogP contribution is -2.26. The van der Waals surface area contributed by atoms with Gasteiger partial charge >= 0.3 is 0 Å². The lowest BCUT2D eigenvalue weighted by Gasteiger charge is -2.36. The first-order chi connectivity index (χ1) is 9.32. The van der Waals surface area contributed by atoms with E-state index in [1.165, 1.54) is 0 Å². The Bertz CT molecular complexity index is 726. The topological polar surface area (TPSA) is 52.5 Å². The van der Waals surface area contributed by atoms with Crippen molar-refractivity contribution in [2.75, 3.05) is 5.32 Å².